The van der Waals surface area contributed by atoms with E-state index in [0.717, 1.165) is 20.5 Å². The molecule has 0 atom stereocenters. The second kappa shape index (κ2) is 6.41. The van der Waals surface area contributed by atoms with Crippen molar-refractivity contribution in [2.75, 3.05) is 5.32 Å². The van der Waals surface area contributed by atoms with Gasteiger partial charge in [-0.05, 0) is 47.5 Å². The fourth-order valence-corrected chi connectivity index (χ4v) is 3.73. The first kappa shape index (κ1) is 17.9. The summed E-state index contributed by atoms with van der Waals surface area (Å²) in [5, 5.41) is 6.48. The standard InChI is InChI=1S/C15H12BrF3N4OS/c1-7-3-4-9-10(5-7)25-14(20-9)21-11(24)6-23-8(2)12(16)13(22-23)15(17,18)19/h3-5H,6H2,1-2H3,(H,20,21,24). The third-order valence-corrected chi connectivity index (χ3v) is 5.37. The van der Waals surface area contributed by atoms with Gasteiger partial charge in [0.2, 0.25) is 5.91 Å². The average molecular weight is 433 g/mol. The number of aromatic nitrogens is 3. The molecule has 0 aliphatic carbocycles. The number of thiazole rings is 1. The molecule has 10 heteroatoms. The molecule has 0 fully saturated rings. The van der Waals surface area contributed by atoms with Crippen LogP contribution in [0.4, 0.5) is 18.3 Å². The molecule has 0 aliphatic rings. The second-order valence-electron chi connectivity index (χ2n) is 5.44. The van der Waals surface area contributed by atoms with E-state index in [0.29, 0.717) is 5.13 Å². The van der Waals surface area contributed by atoms with Crippen molar-refractivity contribution in [3.05, 3.63) is 39.6 Å². The van der Waals surface area contributed by atoms with Crippen LogP contribution in [-0.2, 0) is 17.5 Å². The fraction of sp³-hybridized carbons (Fsp3) is 0.267. The number of aryl methyl sites for hydroxylation is 1. The second-order valence-corrected chi connectivity index (χ2v) is 7.27. The average Bonchev–Trinajstić information content (AvgIpc) is 3.01. The predicted molar refractivity (Wildman–Crippen MR) is 92.7 cm³/mol. The molecule has 132 valence electrons. The van der Waals surface area contributed by atoms with Gasteiger partial charge in [0.1, 0.15) is 6.54 Å². The molecule has 0 unspecified atom stereocenters. The summed E-state index contributed by atoms with van der Waals surface area (Å²) in [5.41, 5.74) is 1.00. The van der Waals surface area contributed by atoms with Gasteiger partial charge in [-0.3, -0.25) is 9.48 Å². The monoisotopic (exact) mass is 432 g/mol. The normalized spacial score (nSPS) is 11.9. The maximum absolute atomic E-state index is 12.9. The number of nitrogens with one attached hydrogen (secondary N) is 1. The van der Waals surface area contributed by atoms with Crippen molar-refractivity contribution in [2.24, 2.45) is 0 Å². The van der Waals surface area contributed by atoms with Crippen LogP contribution in [0.25, 0.3) is 10.2 Å². The van der Waals surface area contributed by atoms with E-state index in [1.54, 1.807) is 0 Å². The van der Waals surface area contributed by atoms with Gasteiger partial charge >= 0.3 is 6.18 Å². The number of hydrogen-bond acceptors (Lipinski definition) is 4. The van der Waals surface area contributed by atoms with Crippen LogP contribution in [0.1, 0.15) is 17.0 Å². The first-order valence-corrected chi connectivity index (χ1v) is 8.73. The van der Waals surface area contributed by atoms with Crippen LogP contribution in [0, 0.1) is 13.8 Å². The molecule has 3 rings (SSSR count). The molecule has 2 aromatic heterocycles. The topological polar surface area (TPSA) is 59.8 Å². The molecule has 1 aromatic carbocycles. The Kier molecular flexibility index (Phi) is 4.58. The van der Waals surface area contributed by atoms with Crippen molar-refractivity contribution in [3.8, 4) is 0 Å². The smallest absolute Gasteiger partial charge is 0.300 e. The van der Waals surface area contributed by atoms with Gasteiger partial charge in [-0.2, -0.15) is 18.3 Å². The number of fused-ring (bicyclic) bond motifs is 1. The predicted octanol–water partition coefficient (Wildman–Crippen LogP) is 4.53. The minimum atomic E-state index is -4.59. The molecular formula is C15H12BrF3N4OS. The van der Waals surface area contributed by atoms with Crippen molar-refractivity contribution in [2.45, 2.75) is 26.6 Å². The summed E-state index contributed by atoms with van der Waals surface area (Å²) in [6, 6.07) is 5.71. The van der Waals surface area contributed by atoms with Crippen LogP contribution < -0.4 is 5.32 Å². The quantitative estimate of drug-likeness (QED) is 0.661. The van der Waals surface area contributed by atoms with Crippen LogP contribution in [-0.4, -0.2) is 20.7 Å². The Bertz CT molecular complexity index is 964. The van der Waals surface area contributed by atoms with Gasteiger partial charge in [-0.1, -0.05) is 17.4 Å². The van der Waals surface area contributed by atoms with Crippen LogP contribution in [0.3, 0.4) is 0 Å². The highest BCUT2D eigenvalue weighted by Gasteiger charge is 2.38. The number of carbonyl (C=O) groups excluding carboxylic acids is 1. The first-order chi connectivity index (χ1) is 11.6. The summed E-state index contributed by atoms with van der Waals surface area (Å²) in [6.45, 7) is 3.07. The summed E-state index contributed by atoms with van der Waals surface area (Å²) in [6.07, 6.45) is -4.59. The number of rotatable bonds is 3. The number of amides is 1. The zero-order valence-electron chi connectivity index (χ0n) is 13.1. The number of nitrogens with zero attached hydrogens (tertiary/aromatic N) is 3. The molecule has 5 nitrogen and oxygen atoms in total. The van der Waals surface area contributed by atoms with Crippen LogP contribution >= 0.6 is 27.3 Å². The minimum absolute atomic E-state index is 0.164. The Morgan fingerprint density at radius 2 is 2.08 bits per heavy atom. The lowest BCUT2D eigenvalue weighted by Gasteiger charge is -2.04. The molecule has 1 N–H and O–H groups in total. The summed E-state index contributed by atoms with van der Waals surface area (Å²) >= 11 is 4.18. The van der Waals surface area contributed by atoms with Crippen LogP contribution in [0.5, 0.6) is 0 Å². The molecule has 0 bridgehead atoms. The number of alkyl halides is 3. The van der Waals surface area contributed by atoms with Crippen LogP contribution in [0.2, 0.25) is 0 Å². The molecule has 2 heterocycles. The third kappa shape index (κ3) is 3.69. The third-order valence-electron chi connectivity index (χ3n) is 3.49. The SMILES string of the molecule is Cc1ccc2nc(NC(=O)Cn3nc(C(F)(F)F)c(Br)c3C)sc2c1. The van der Waals surface area contributed by atoms with Crippen molar-refractivity contribution >= 4 is 48.5 Å². The van der Waals surface area contributed by atoms with Crippen molar-refractivity contribution < 1.29 is 18.0 Å². The summed E-state index contributed by atoms with van der Waals surface area (Å²) in [4.78, 5) is 16.4. The van der Waals surface area contributed by atoms with Gasteiger partial charge in [0, 0.05) is 0 Å². The molecule has 0 saturated heterocycles. The number of carbonyl (C=O) groups is 1. The summed E-state index contributed by atoms with van der Waals surface area (Å²) < 4.78 is 40.4. The Morgan fingerprint density at radius 3 is 2.72 bits per heavy atom. The maximum Gasteiger partial charge on any atom is 0.436 e. The highest BCUT2D eigenvalue weighted by Crippen LogP contribution is 2.35. The number of benzene rings is 1. The largest absolute Gasteiger partial charge is 0.436 e. The number of hydrogen-bond donors (Lipinski definition) is 1. The van der Waals surface area contributed by atoms with Gasteiger partial charge in [0.05, 0.1) is 20.4 Å². The molecule has 0 spiro atoms. The van der Waals surface area contributed by atoms with Gasteiger partial charge in [0.15, 0.2) is 10.8 Å². The van der Waals surface area contributed by atoms with Crippen molar-refractivity contribution in [1.82, 2.24) is 14.8 Å². The summed E-state index contributed by atoms with van der Waals surface area (Å²) in [5.74, 6) is -0.498. The minimum Gasteiger partial charge on any atom is -0.300 e. The highest BCUT2D eigenvalue weighted by molar-refractivity contribution is 9.10. The fourth-order valence-electron chi connectivity index (χ4n) is 2.24. The van der Waals surface area contributed by atoms with E-state index in [1.165, 1.54) is 18.3 Å². The molecule has 0 radical (unpaired) electrons. The van der Waals surface area contributed by atoms with E-state index < -0.39 is 17.8 Å². The zero-order valence-corrected chi connectivity index (χ0v) is 15.5. The molecule has 0 saturated carbocycles. The van der Waals surface area contributed by atoms with E-state index >= 15 is 0 Å². The molecule has 1 amide bonds. The van der Waals surface area contributed by atoms with E-state index in [9.17, 15) is 18.0 Å². The zero-order chi connectivity index (χ0) is 18.4. The molecule has 25 heavy (non-hydrogen) atoms. The molecular weight excluding hydrogens is 421 g/mol. The van der Waals surface area contributed by atoms with Gasteiger partial charge in [0.25, 0.3) is 0 Å². The number of anilines is 1. The molecule has 3 aromatic rings. The van der Waals surface area contributed by atoms with E-state index in [1.807, 2.05) is 25.1 Å². The Morgan fingerprint density at radius 1 is 1.36 bits per heavy atom. The number of halogens is 4. The lowest BCUT2D eigenvalue weighted by molar-refractivity contribution is -0.142. The van der Waals surface area contributed by atoms with Crippen molar-refractivity contribution in [1.29, 1.82) is 0 Å². The van der Waals surface area contributed by atoms with E-state index in [4.69, 9.17) is 0 Å². The lowest BCUT2D eigenvalue weighted by Crippen LogP contribution is -2.20. The Balaban J connectivity index is 1.78. The molecule has 0 aliphatic heterocycles. The Labute approximate surface area is 153 Å². The summed E-state index contributed by atoms with van der Waals surface area (Å²) in [7, 11) is 0. The van der Waals surface area contributed by atoms with Gasteiger partial charge in [-0.25, -0.2) is 4.98 Å². The highest BCUT2D eigenvalue weighted by atomic mass is 79.9. The van der Waals surface area contributed by atoms with Gasteiger partial charge < -0.3 is 5.32 Å². The van der Waals surface area contributed by atoms with E-state index in [2.05, 4.69) is 31.3 Å². The van der Waals surface area contributed by atoms with Crippen LogP contribution in [0.15, 0.2) is 22.7 Å². The van der Waals surface area contributed by atoms with E-state index in [-0.39, 0.29) is 16.7 Å². The first-order valence-electron chi connectivity index (χ1n) is 7.12. The lowest BCUT2D eigenvalue weighted by atomic mass is 10.2. The van der Waals surface area contributed by atoms with Gasteiger partial charge in [-0.15, -0.1) is 0 Å². The Hall–Kier alpha value is -1.94. The van der Waals surface area contributed by atoms with Crippen molar-refractivity contribution in [3.63, 3.8) is 0 Å². The maximum atomic E-state index is 12.9.